The zero-order chi connectivity index (χ0) is 16.1. The lowest BCUT2D eigenvalue weighted by atomic mass is 10.1. The molecule has 3 aromatic rings. The molecule has 1 amide bonds. The number of carbonyl (C=O) groups excluding carboxylic acids is 1. The molecule has 0 aliphatic heterocycles. The van der Waals surface area contributed by atoms with E-state index in [0.29, 0.717) is 19.6 Å². The smallest absolute Gasteiger partial charge is 0.223 e. The molecule has 0 saturated carbocycles. The normalized spacial score (nSPS) is 12.2. The Hall–Kier alpha value is -2.34. The van der Waals surface area contributed by atoms with Gasteiger partial charge in [0.2, 0.25) is 5.91 Å². The van der Waals surface area contributed by atoms with Gasteiger partial charge in [0.15, 0.2) is 4.96 Å². The van der Waals surface area contributed by atoms with Gasteiger partial charge >= 0.3 is 0 Å². The largest absolute Gasteiger partial charge is 0.494 e. The van der Waals surface area contributed by atoms with Crippen LogP contribution in [0.4, 0.5) is 0 Å². The van der Waals surface area contributed by atoms with E-state index < -0.39 is 0 Å². The van der Waals surface area contributed by atoms with Gasteiger partial charge in [-0.15, -0.1) is 11.3 Å². The van der Waals surface area contributed by atoms with Gasteiger partial charge in [-0.05, 0) is 18.6 Å². The topological polar surface area (TPSA) is 55.6 Å². The molecular formula is C17H19N3O2S. The van der Waals surface area contributed by atoms with Gasteiger partial charge in [-0.2, -0.15) is 0 Å². The van der Waals surface area contributed by atoms with Crippen molar-refractivity contribution in [3.05, 3.63) is 53.8 Å². The number of para-hydroxylation sites is 1. The van der Waals surface area contributed by atoms with Gasteiger partial charge in [-0.25, -0.2) is 4.98 Å². The second kappa shape index (κ2) is 7.28. The summed E-state index contributed by atoms with van der Waals surface area (Å²) in [5, 5.41) is 4.92. The molecule has 0 aliphatic carbocycles. The molecule has 0 bridgehead atoms. The van der Waals surface area contributed by atoms with Gasteiger partial charge in [-0.3, -0.25) is 9.20 Å². The van der Waals surface area contributed by atoms with Crippen molar-refractivity contribution in [1.29, 1.82) is 0 Å². The van der Waals surface area contributed by atoms with E-state index in [1.165, 1.54) is 0 Å². The van der Waals surface area contributed by atoms with E-state index in [4.69, 9.17) is 4.74 Å². The van der Waals surface area contributed by atoms with E-state index in [2.05, 4.69) is 10.3 Å². The molecule has 5 nitrogen and oxygen atoms in total. The number of thiazole rings is 1. The number of amides is 1. The fourth-order valence-electron chi connectivity index (χ4n) is 2.21. The molecule has 0 fully saturated rings. The van der Waals surface area contributed by atoms with Gasteiger partial charge in [0, 0.05) is 23.7 Å². The average Bonchev–Trinajstić information content (AvgIpc) is 3.15. The van der Waals surface area contributed by atoms with Crippen LogP contribution in [0.2, 0.25) is 0 Å². The van der Waals surface area contributed by atoms with Crippen LogP contribution >= 0.6 is 11.3 Å². The van der Waals surface area contributed by atoms with Crippen LogP contribution in [-0.4, -0.2) is 21.9 Å². The van der Waals surface area contributed by atoms with E-state index in [-0.39, 0.29) is 11.8 Å². The molecular weight excluding hydrogens is 310 g/mol. The van der Waals surface area contributed by atoms with Crippen LogP contribution in [0.5, 0.6) is 5.75 Å². The number of nitrogens with one attached hydrogen (secondary N) is 1. The number of ether oxygens (including phenoxy) is 1. The Balaban J connectivity index is 1.41. The minimum Gasteiger partial charge on any atom is -0.494 e. The highest BCUT2D eigenvalue weighted by Crippen LogP contribution is 2.12. The number of carbonyl (C=O) groups is 1. The predicted octanol–water partition coefficient (Wildman–Crippen LogP) is 3.12. The van der Waals surface area contributed by atoms with Crippen LogP contribution in [0.1, 0.15) is 19.0 Å². The summed E-state index contributed by atoms with van der Waals surface area (Å²) in [7, 11) is 0. The summed E-state index contributed by atoms with van der Waals surface area (Å²) in [6.07, 6.45) is 4.58. The second-order valence-electron chi connectivity index (χ2n) is 5.39. The number of rotatable bonds is 7. The highest BCUT2D eigenvalue weighted by molar-refractivity contribution is 7.15. The molecule has 1 aromatic carbocycles. The molecule has 6 heteroatoms. The number of fused-ring (bicyclic) bond motifs is 1. The highest BCUT2D eigenvalue weighted by atomic mass is 32.1. The van der Waals surface area contributed by atoms with Crippen LogP contribution in [-0.2, 0) is 11.3 Å². The summed E-state index contributed by atoms with van der Waals surface area (Å²) in [5.41, 5.74) is 0.873. The Morgan fingerprint density at radius 2 is 2.22 bits per heavy atom. The average molecular weight is 329 g/mol. The number of hydrogen-bond donors (Lipinski definition) is 1. The maximum Gasteiger partial charge on any atom is 0.223 e. The third-order valence-electron chi connectivity index (χ3n) is 3.60. The van der Waals surface area contributed by atoms with Gasteiger partial charge in [0.1, 0.15) is 5.75 Å². The first-order valence-electron chi connectivity index (χ1n) is 7.59. The lowest BCUT2D eigenvalue weighted by molar-refractivity contribution is -0.125. The molecule has 120 valence electrons. The minimum atomic E-state index is -0.0950. The molecule has 23 heavy (non-hydrogen) atoms. The molecule has 2 heterocycles. The van der Waals surface area contributed by atoms with Gasteiger partial charge in [0.05, 0.1) is 18.8 Å². The molecule has 2 aromatic heterocycles. The van der Waals surface area contributed by atoms with Crippen LogP contribution in [0.25, 0.3) is 4.96 Å². The third kappa shape index (κ3) is 4.10. The molecule has 0 unspecified atom stereocenters. The summed E-state index contributed by atoms with van der Waals surface area (Å²) >= 11 is 1.58. The van der Waals surface area contributed by atoms with E-state index >= 15 is 0 Å². The summed E-state index contributed by atoms with van der Waals surface area (Å²) in [6.45, 7) is 2.89. The van der Waals surface area contributed by atoms with Crippen molar-refractivity contribution < 1.29 is 9.53 Å². The van der Waals surface area contributed by atoms with Crippen LogP contribution in [0.3, 0.4) is 0 Å². The fraction of sp³-hybridized carbons (Fsp3) is 0.294. The second-order valence-corrected chi connectivity index (χ2v) is 6.27. The molecule has 0 spiro atoms. The lowest BCUT2D eigenvalue weighted by Gasteiger charge is -2.12. The van der Waals surface area contributed by atoms with Crippen molar-refractivity contribution in [3.8, 4) is 5.75 Å². The Labute approximate surface area is 138 Å². The Morgan fingerprint density at radius 1 is 1.39 bits per heavy atom. The fourth-order valence-corrected chi connectivity index (χ4v) is 2.93. The van der Waals surface area contributed by atoms with Crippen LogP contribution in [0, 0.1) is 5.92 Å². The van der Waals surface area contributed by atoms with Crippen LogP contribution in [0.15, 0.2) is 48.1 Å². The summed E-state index contributed by atoms with van der Waals surface area (Å²) in [6, 6.07) is 9.63. The Bertz CT molecular complexity index is 738. The Morgan fingerprint density at radius 3 is 3.00 bits per heavy atom. The summed E-state index contributed by atoms with van der Waals surface area (Å²) < 4.78 is 7.59. The number of aromatic nitrogens is 2. The van der Waals surface area contributed by atoms with E-state index in [0.717, 1.165) is 16.4 Å². The van der Waals surface area contributed by atoms with Crippen molar-refractivity contribution in [1.82, 2.24) is 14.7 Å². The zero-order valence-electron chi connectivity index (χ0n) is 12.9. The predicted molar refractivity (Wildman–Crippen MR) is 90.6 cm³/mol. The monoisotopic (exact) mass is 329 g/mol. The first kappa shape index (κ1) is 15.6. The quantitative estimate of drug-likeness (QED) is 0.724. The zero-order valence-corrected chi connectivity index (χ0v) is 13.8. The minimum absolute atomic E-state index is 0.0259. The summed E-state index contributed by atoms with van der Waals surface area (Å²) in [4.78, 5) is 17.5. The summed E-state index contributed by atoms with van der Waals surface area (Å²) in [5.74, 6) is 0.763. The molecule has 0 saturated heterocycles. The first-order valence-corrected chi connectivity index (χ1v) is 8.47. The number of imidazole rings is 1. The molecule has 3 rings (SSSR count). The maximum absolute atomic E-state index is 12.1. The van der Waals surface area contributed by atoms with Crippen LogP contribution < -0.4 is 10.1 Å². The standard InChI is InChI=1S/C17H19N3O2S/c1-13(7-9-22-15-5-3-2-4-6-15)16(21)18-11-14-12-20-8-10-23-17(20)19-14/h2-6,8,10,12-13H,7,9,11H2,1H3,(H,18,21)/t13-/m1/s1. The maximum atomic E-state index is 12.1. The van der Waals surface area contributed by atoms with Crippen molar-refractivity contribution in [2.75, 3.05) is 6.61 Å². The lowest BCUT2D eigenvalue weighted by Crippen LogP contribution is -2.29. The van der Waals surface area contributed by atoms with E-state index in [9.17, 15) is 4.79 Å². The molecule has 0 aliphatic rings. The Kier molecular flexibility index (Phi) is 4.92. The number of hydrogen-bond acceptors (Lipinski definition) is 4. The third-order valence-corrected chi connectivity index (χ3v) is 4.37. The molecule has 0 radical (unpaired) electrons. The highest BCUT2D eigenvalue weighted by Gasteiger charge is 2.13. The number of benzene rings is 1. The molecule has 1 N–H and O–H groups in total. The van der Waals surface area contributed by atoms with Gasteiger partial charge < -0.3 is 10.1 Å². The van der Waals surface area contributed by atoms with E-state index in [1.807, 2.05) is 59.4 Å². The van der Waals surface area contributed by atoms with E-state index in [1.54, 1.807) is 11.3 Å². The van der Waals surface area contributed by atoms with Crippen molar-refractivity contribution >= 4 is 22.2 Å². The van der Waals surface area contributed by atoms with Crippen molar-refractivity contribution in [2.24, 2.45) is 5.92 Å². The first-order chi connectivity index (χ1) is 11.2. The van der Waals surface area contributed by atoms with Crippen molar-refractivity contribution in [2.45, 2.75) is 19.9 Å². The SMILES string of the molecule is C[C@H](CCOc1ccccc1)C(=O)NCc1cn2ccsc2n1. The van der Waals surface area contributed by atoms with Gasteiger partial charge in [0.25, 0.3) is 0 Å². The van der Waals surface area contributed by atoms with Crippen molar-refractivity contribution in [3.63, 3.8) is 0 Å². The molecule has 1 atom stereocenters. The number of nitrogens with zero attached hydrogens (tertiary/aromatic N) is 2. The van der Waals surface area contributed by atoms with Gasteiger partial charge in [-0.1, -0.05) is 25.1 Å².